The molecule has 0 bridgehead atoms. The van der Waals surface area contributed by atoms with Crippen molar-refractivity contribution in [3.05, 3.63) is 169 Å². The van der Waals surface area contributed by atoms with Gasteiger partial charge in [0.2, 0.25) is 0 Å². The third-order valence-corrected chi connectivity index (χ3v) is 11.2. The summed E-state index contributed by atoms with van der Waals surface area (Å²) in [5.74, 6) is 0. The summed E-state index contributed by atoms with van der Waals surface area (Å²) in [7, 11) is 0. The van der Waals surface area contributed by atoms with Gasteiger partial charge in [-0.25, -0.2) is 0 Å². The van der Waals surface area contributed by atoms with E-state index in [9.17, 15) is 0 Å². The number of hydrogen-bond acceptors (Lipinski definition) is 2. The molecule has 224 valence electrons. The molecule has 0 unspecified atom stereocenters. The average Bonchev–Trinajstić information content (AvgIpc) is 3.71. The molecule has 2 aromatic heterocycles. The Morgan fingerprint density at radius 3 is 2.00 bits per heavy atom. The first-order chi connectivity index (χ1) is 23.7. The van der Waals surface area contributed by atoms with E-state index in [0.29, 0.717) is 0 Å². The van der Waals surface area contributed by atoms with Crippen LogP contribution in [0, 0.1) is 0 Å². The molecule has 0 fully saturated rings. The van der Waals surface area contributed by atoms with E-state index in [2.05, 4.69) is 147 Å². The summed E-state index contributed by atoms with van der Waals surface area (Å²) in [5, 5.41) is 12.3. The average molecular weight is 629 g/mol. The third-order valence-electron chi connectivity index (χ3n) is 9.99. The van der Waals surface area contributed by atoms with Crippen LogP contribution >= 0.6 is 11.3 Å². The van der Waals surface area contributed by atoms with Crippen molar-refractivity contribution in [1.29, 1.82) is 0 Å². The van der Waals surface area contributed by atoms with Crippen molar-refractivity contribution in [3.8, 4) is 11.1 Å². The molecule has 0 saturated carbocycles. The number of fused-ring (bicyclic) bond motifs is 11. The van der Waals surface area contributed by atoms with E-state index in [-0.39, 0.29) is 0 Å². The van der Waals surface area contributed by atoms with Gasteiger partial charge in [-0.05, 0) is 84.6 Å². The SMILES string of the molecule is C=Cc1ccccc1C(=C)c1c2ccccc2c(-c2ccc3sc4c(ccc5ccc6oc7ccccc7c6c54)c3c2)c2ccccc12. The molecule has 2 heteroatoms. The fourth-order valence-corrected chi connectivity index (χ4v) is 9.11. The summed E-state index contributed by atoms with van der Waals surface area (Å²) in [6.45, 7) is 8.77. The molecular weight excluding hydrogens is 601 g/mol. The largest absolute Gasteiger partial charge is 0.456 e. The minimum Gasteiger partial charge on any atom is -0.456 e. The van der Waals surface area contributed by atoms with E-state index in [4.69, 9.17) is 4.42 Å². The van der Waals surface area contributed by atoms with Crippen molar-refractivity contribution < 1.29 is 4.42 Å². The van der Waals surface area contributed by atoms with Gasteiger partial charge in [-0.2, -0.15) is 0 Å². The highest BCUT2D eigenvalue weighted by Crippen LogP contribution is 2.47. The zero-order chi connectivity index (χ0) is 31.9. The molecule has 10 rings (SSSR count). The molecular formula is C46H28OS. The summed E-state index contributed by atoms with van der Waals surface area (Å²) in [5.41, 5.74) is 8.70. The van der Waals surface area contributed by atoms with Gasteiger partial charge in [-0.1, -0.05) is 134 Å². The number of para-hydroxylation sites is 1. The van der Waals surface area contributed by atoms with E-state index >= 15 is 0 Å². The molecule has 0 N–H and O–H groups in total. The van der Waals surface area contributed by atoms with Gasteiger partial charge in [-0.15, -0.1) is 11.3 Å². The molecule has 0 aliphatic carbocycles. The lowest BCUT2D eigenvalue weighted by molar-refractivity contribution is 0.669. The number of benzene rings is 8. The van der Waals surface area contributed by atoms with E-state index in [1.165, 1.54) is 80.0 Å². The maximum atomic E-state index is 6.30. The van der Waals surface area contributed by atoms with Gasteiger partial charge in [-0.3, -0.25) is 0 Å². The lowest BCUT2D eigenvalue weighted by Gasteiger charge is -2.20. The number of hydrogen-bond donors (Lipinski definition) is 0. The maximum Gasteiger partial charge on any atom is 0.136 e. The van der Waals surface area contributed by atoms with Crippen LogP contribution in [0.4, 0.5) is 0 Å². The molecule has 0 saturated heterocycles. The van der Waals surface area contributed by atoms with Gasteiger partial charge in [0.05, 0.1) is 0 Å². The molecule has 0 spiro atoms. The molecule has 0 aliphatic rings. The van der Waals surface area contributed by atoms with Crippen LogP contribution in [-0.4, -0.2) is 0 Å². The molecule has 1 nitrogen and oxygen atoms in total. The van der Waals surface area contributed by atoms with E-state index < -0.39 is 0 Å². The zero-order valence-corrected chi connectivity index (χ0v) is 26.9. The van der Waals surface area contributed by atoms with Crippen LogP contribution in [0.25, 0.3) is 97.2 Å². The fourth-order valence-electron chi connectivity index (χ4n) is 7.86. The Hall–Kier alpha value is -5.96. The van der Waals surface area contributed by atoms with Gasteiger partial charge in [0.25, 0.3) is 0 Å². The molecule has 0 radical (unpaired) electrons. The van der Waals surface area contributed by atoms with Gasteiger partial charge in [0.1, 0.15) is 11.2 Å². The Labute approximate surface area is 281 Å². The van der Waals surface area contributed by atoms with Crippen molar-refractivity contribution in [2.75, 3.05) is 0 Å². The highest BCUT2D eigenvalue weighted by atomic mass is 32.1. The lowest BCUT2D eigenvalue weighted by atomic mass is 9.83. The molecule has 10 aromatic rings. The normalized spacial score (nSPS) is 11.9. The van der Waals surface area contributed by atoms with Gasteiger partial charge >= 0.3 is 0 Å². The summed E-state index contributed by atoms with van der Waals surface area (Å²) in [6, 6.07) is 50.2. The summed E-state index contributed by atoms with van der Waals surface area (Å²) in [4.78, 5) is 0. The second-order valence-electron chi connectivity index (χ2n) is 12.5. The Morgan fingerprint density at radius 2 is 1.23 bits per heavy atom. The molecule has 0 aliphatic heterocycles. The van der Waals surface area contributed by atoms with Crippen LogP contribution in [0.5, 0.6) is 0 Å². The standard InChI is InChI=1S/C46H28OS/c1-3-28-12-4-5-13-31(28)27(2)42-32-14-6-8-16-34(32)43(35-17-9-7-15-33(35)42)30-22-25-41-38(26-30)36-23-20-29-21-24-40-45(44(29)46(36)48-41)37-18-10-11-19-39(37)47-40/h3-26H,1-2H2. The zero-order valence-electron chi connectivity index (χ0n) is 26.1. The number of furan rings is 1. The Morgan fingerprint density at radius 1 is 0.562 bits per heavy atom. The highest BCUT2D eigenvalue weighted by molar-refractivity contribution is 7.26. The first kappa shape index (κ1) is 27.2. The van der Waals surface area contributed by atoms with E-state index in [0.717, 1.165) is 27.9 Å². The highest BCUT2D eigenvalue weighted by Gasteiger charge is 2.20. The van der Waals surface area contributed by atoms with Crippen molar-refractivity contribution in [2.45, 2.75) is 0 Å². The molecule has 0 atom stereocenters. The van der Waals surface area contributed by atoms with Gasteiger partial charge in [0.15, 0.2) is 0 Å². The van der Waals surface area contributed by atoms with E-state index in [1.54, 1.807) is 0 Å². The predicted molar refractivity (Wildman–Crippen MR) is 209 cm³/mol. The third kappa shape index (κ3) is 3.78. The molecule has 48 heavy (non-hydrogen) atoms. The smallest absolute Gasteiger partial charge is 0.136 e. The van der Waals surface area contributed by atoms with E-state index in [1.807, 2.05) is 23.5 Å². The summed E-state index contributed by atoms with van der Waals surface area (Å²) < 4.78 is 8.89. The maximum absolute atomic E-state index is 6.30. The predicted octanol–water partition coefficient (Wildman–Crippen LogP) is 13.8. The van der Waals surface area contributed by atoms with Crippen LogP contribution in [-0.2, 0) is 0 Å². The monoisotopic (exact) mass is 628 g/mol. The first-order valence-corrected chi connectivity index (χ1v) is 17.1. The second-order valence-corrected chi connectivity index (χ2v) is 13.6. The van der Waals surface area contributed by atoms with Crippen molar-refractivity contribution in [1.82, 2.24) is 0 Å². The summed E-state index contributed by atoms with van der Waals surface area (Å²) >= 11 is 1.88. The van der Waals surface area contributed by atoms with Crippen molar-refractivity contribution >= 4 is 97.4 Å². The van der Waals surface area contributed by atoms with Crippen LogP contribution in [0.2, 0.25) is 0 Å². The minimum atomic E-state index is 0.929. The van der Waals surface area contributed by atoms with Crippen LogP contribution in [0.1, 0.15) is 16.7 Å². The van der Waals surface area contributed by atoms with Gasteiger partial charge < -0.3 is 4.42 Å². The lowest BCUT2D eigenvalue weighted by Crippen LogP contribution is -1.96. The second kappa shape index (κ2) is 10.3. The Bertz CT molecular complexity index is 2930. The molecule has 2 heterocycles. The molecule has 0 amide bonds. The number of rotatable bonds is 4. The topological polar surface area (TPSA) is 13.1 Å². The molecule has 8 aromatic carbocycles. The fraction of sp³-hybridized carbons (Fsp3) is 0. The summed E-state index contributed by atoms with van der Waals surface area (Å²) in [6.07, 6.45) is 1.92. The van der Waals surface area contributed by atoms with Crippen molar-refractivity contribution in [3.63, 3.8) is 0 Å². The van der Waals surface area contributed by atoms with Gasteiger partial charge in [0, 0.05) is 36.3 Å². The van der Waals surface area contributed by atoms with Crippen LogP contribution < -0.4 is 0 Å². The number of thiophene rings is 1. The minimum absolute atomic E-state index is 0.929. The Kier molecular flexibility index (Phi) is 5.82. The quantitative estimate of drug-likeness (QED) is 0.177. The first-order valence-electron chi connectivity index (χ1n) is 16.2. The van der Waals surface area contributed by atoms with Crippen molar-refractivity contribution in [2.24, 2.45) is 0 Å². The Balaban J connectivity index is 1.26. The van der Waals surface area contributed by atoms with Crippen LogP contribution in [0.3, 0.4) is 0 Å². The van der Waals surface area contributed by atoms with Crippen LogP contribution in [0.15, 0.2) is 157 Å².